The second-order valence-corrected chi connectivity index (χ2v) is 2.82. The maximum absolute atomic E-state index is 10.8. The molecule has 3 nitrogen and oxygen atoms in total. The first-order chi connectivity index (χ1) is 6.24. The third kappa shape index (κ3) is 2.95. The summed E-state index contributed by atoms with van der Waals surface area (Å²) >= 11 is 5.77. The molecule has 1 rings (SSSR count). The Morgan fingerprint density at radius 3 is 2.85 bits per heavy atom. The Balaban J connectivity index is 2.54. The van der Waals surface area contributed by atoms with Crippen LogP contribution in [0.3, 0.4) is 0 Å². The number of halogens is 1. The molecule has 4 heteroatoms. The minimum absolute atomic E-state index is 0.181. The van der Waals surface area contributed by atoms with E-state index < -0.39 is 0 Å². The van der Waals surface area contributed by atoms with E-state index >= 15 is 0 Å². The topological polar surface area (TPSA) is 38.3 Å². The van der Waals surface area contributed by atoms with Gasteiger partial charge in [-0.1, -0.05) is 30.7 Å². The number of nitrogens with one attached hydrogen (secondary N) is 1. The van der Waals surface area contributed by atoms with Crippen LogP contribution in [0.15, 0.2) is 24.3 Å². The van der Waals surface area contributed by atoms with Gasteiger partial charge in [-0.2, -0.15) is 5.48 Å². The molecule has 1 aromatic carbocycles. The van der Waals surface area contributed by atoms with Crippen LogP contribution in [-0.2, 0) is 4.79 Å². The van der Waals surface area contributed by atoms with Crippen molar-refractivity contribution in [1.29, 1.82) is 0 Å². The van der Waals surface area contributed by atoms with Gasteiger partial charge in [0, 0.05) is 6.42 Å². The average molecular weight is 200 g/mol. The highest BCUT2D eigenvalue weighted by atomic mass is 35.5. The van der Waals surface area contributed by atoms with Gasteiger partial charge in [-0.05, 0) is 12.1 Å². The summed E-state index contributed by atoms with van der Waals surface area (Å²) in [6.07, 6.45) is 0.379. The summed E-state index contributed by atoms with van der Waals surface area (Å²) in [5.74, 6) is 0.269. The molecule has 0 aliphatic heterocycles. The van der Waals surface area contributed by atoms with E-state index in [4.69, 9.17) is 16.4 Å². The van der Waals surface area contributed by atoms with Gasteiger partial charge in [0.05, 0.1) is 5.02 Å². The number of hydroxylamine groups is 1. The highest BCUT2D eigenvalue weighted by molar-refractivity contribution is 6.32. The van der Waals surface area contributed by atoms with Crippen LogP contribution in [0.1, 0.15) is 13.3 Å². The lowest BCUT2D eigenvalue weighted by molar-refractivity contribution is -0.127. The molecule has 1 N–H and O–H groups in total. The van der Waals surface area contributed by atoms with Crippen molar-refractivity contribution in [3.05, 3.63) is 29.3 Å². The Labute approximate surface area is 81.6 Å². The minimum Gasteiger partial charge on any atom is -0.378 e. The summed E-state index contributed by atoms with van der Waals surface area (Å²) in [5.41, 5.74) is 2.27. The molecule has 0 aliphatic carbocycles. The van der Waals surface area contributed by atoms with Crippen molar-refractivity contribution >= 4 is 17.5 Å². The summed E-state index contributed by atoms with van der Waals surface area (Å²) in [5, 5.41) is 0.471. The van der Waals surface area contributed by atoms with Crippen molar-refractivity contribution in [3.63, 3.8) is 0 Å². The van der Waals surface area contributed by atoms with Crippen LogP contribution in [-0.4, -0.2) is 5.91 Å². The number of hydrogen-bond donors (Lipinski definition) is 1. The number of carbonyl (C=O) groups excluding carboxylic acids is 1. The molecule has 0 spiro atoms. The van der Waals surface area contributed by atoms with Crippen LogP contribution >= 0.6 is 11.6 Å². The van der Waals surface area contributed by atoms with Gasteiger partial charge < -0.3 is 4.84 Å². The van der Waals surface area contributed by atoms with E-state index in [2.05, 4.69) is 5.48 Å². The Bertz CT molecular complexity index is 301. The van der Waals surface area contributed by atoms with Gasteiger partial charge in [0.1, 0.15) is 0 Å². The van der Waals surface area contributed by atoms with Crippen molar-refractivity contribution in [2.45, 2.75) is 13.3 Å². The second-order valence-electron chi connectivity index (χ2n) is 2.41. The number of rotatable bonds is 3. The van der Waals surface area contributed by atoms with Crippen molar-refractivity contribution in [1.82, 2.24) is 5.48 Å². The second kappa shape index (κ2) is 4.72. The molecule has 13 heavy (non-hydrogen) atoms. The van der Waals surface area contributed by atoms with Crippen molar-refractivity contribution in [2.75, 3.05) is 0 Å². The molecule has 0 aromatic heterocycles. The normalized spacial score (nSPS) is 9.38. The van der Waals surface area contributed by atoms with Gasteiger partial charge in [-0.15, -0.1) is 0 Å². The standard InChI is InChI=1S/C9H10ClNO2/c1-2-9(12)11-13-8-6-4-3-5-7(8)10/h3-6H,2H2,1H3,(H,11,12). The molecule has 0 unspecified atom stereocenters. The molecule has 0 saturated carbocycles. The quantitative estimate of drug-likeness (QED) is 0.758. The number of para-hydroxylation sites is 1. The molecule has 0 heterocycles. The van der Waals surface area contributed by atoms with E-state index in [0.29, 0.717) is 17.2 Å². The summed E-state index contributed by atoms with van der Waals surface area (Å²) in [6.45, 7) is 1.74. The molecule has 0 aliphatic rings. The number of carbonyl (C=O) groups is 1. The van der Waals surface area contributed by atoms with E-state index in [9.17, 15) is 4.79 Å². The molecule has 0 bridgehead atoms. The fraction of sp³-hybridized carbons (Fsp3) is 0.222. The molecular weight excluding hydrogens is 190 g/mol. The predicted molar refractivity (Wildman–Crippen MR) is 50.5 cm³/mol. The zero-order chi connectivity index (χ0) is 9.68. The molecule has 1 aromatic rings. The van der Waals surface area contributed by atoms with Gasteiger partial charge in [0.15, 0.2) is 5.75 Å². The Morgan fingerprint density at radius 2 is 2.23 bits per heavy atom. The van der Waals surface area contributed by atoms with E-state index in [1.807, 2.05) is 0 Å². The summed E-state index contributed by atoms with van der Waals surface area (Å²) < 4.78 is 0. The Kier molecular flexibility index (Phi) is 3.58. The number of hydrogen-bond acceptors (Lipinski definition) is 2. The van der Waals surface area contributed by atoms with Gasteiger partial charge in [0.2, 0.25) is 0 Å². The lowest BCUT2D eigenvalue weighted by atomic mass is 10.3. The fourth-order valence-electron chi connectivity index (χ4n) is 0.712. The first-order valence-electron chi connectivity index (χ1n) is 3.94. The first kappa shape index (κ1) is 9.86. The van der Waals surface area contributed by atoms with Crippen LogP contribution in [0, 0.1) is 0 Å². The average Bonchev–Trinajstić information content (AvgIpc) is 2.16. The molecule has 0 radical (unpaired) electrons. The van der Waals surface area contributed by atoms with Crippen LogP contribution in [0.5, 0.6) is 5.75 Å². The maximum atomic E-state index is 10.8. The lowest BCUT2D eigenvalue weighted by Gasteiger charge is -2.06. The maximum Gasteiger partial charge on any atom is 0.252 e. The molecular formula is C9H10ClNO2. The first-order valence-corrected chi connectivity index (χ1v) is 4.32. The highest BCUT2D eigenvalue weighted by Crippen LogP contribution is 2.21. The summed E-state index contributed by atoms with van der Waals surface area (Å²) in [7, 11) is 0. The zero-order valence-corrected chi connectivity index (χ0v) is 7.97. The van der Waals surface area contributed by atoms with Gasteiger partial charge in [0.25, 0.3) is 5.91 Å². The van der Waals surface area contributed by atoms with E-state index in [-0.39, 0.29) is 5.91 Å². The van der Waals surface area contributed by atoms with Crippen LogP contribution < -0.4 is 10.3 Å². The van der Waals surface area contributed by atoms with Gasteiger partial charge in [-0.25, -0.2) is 0 Å². The lowest BCUT2D eigenvalue weighted by Crippen LogP contribution is -2.25. The third-order valence-corrected chi connectivity index (χ3v) is 1.74. The van der Waals surface area contributed by atoms with Crippen LogP contribution in [0.25, 0.3) is 0 Å². The van der Waals surface area contributed by atoms with Gasteiger partial charge in [-0.3, -0.25) is 4.79 Å². The monoisotopic (exact) mass is 199 g/mol. The van der Waals surface area contributed by atoms with Crippen LogP contribution in [0.4, 0.5) is 0 Å². The zero-order valence-electron chi connectivity index (χ0n) is 7.21. The van der Waals surface area contributed by atoms with E-state index in [0.717, 1.165) is 0 Å². The predicted octanol–water partition coefficient (Wildman–Crippen LogP) is 2.16. The summed E-state index contributed by atoms with van der Waals surface area (Å²) in [4.78, 5) is 15.8. The van der Waals surface area contributed by atoms with Gasteiger partial charge >= 0.3 is 0 Å². The molecule has 0 fully saturated rings. The third-order valence-electron chi connectivity index (χ3n) is 1.43. The fourth-order valence-corrected chi connectivity index (χ4v) is 0.886. The van der Waals surface area contributed by atoms with Crippen molar-refractivity contribution in [3.8, 4) is 5.75 Å². The van der Waals surface area contributed by atoms with Crippen molar-refractivity contribution in [2.24, 2.45) is 0 Å². The Morgan fingerprint density at radius 1 is 1.54 bits per heavy atom. The van der Waals surface area contributed by atoms with Crippen LogP contribution in [0.2, 0.25) is 5.02 Å². The Hall–Kier alpha value is -1.22. The molecule has 1 amide bonds. The van der Waals surface area contributed by atoms with Crippen molar-refractivity contribution < 1.29 is 9.63 Å². The molecule has 0 saturated heterocycles. The molecule has 70 valence electrons. The highest BCUT2D eigenvalue weighted by Gasteiger charge is 2.01. The minimum atomic E-state index is -0.181. The largest absolute Gasteiger partial charge is 0.378 e. The summed E-state index contributed by atoms with van der Waals surface area (Å²) in [6, 6.07) is 6.93. The van der Waals surface area contributed by atoms with E-state index in [1.165, 1.54) is 0 Å². The smallest absolute Gasteiger partial charge is 0.252 e. The number of benzene rings is 1. The van der Waals surface area contributed by atoms with E-state index in [1.54, 1.807) is 31.2 Å². The molecule has 0 atom stereocenters. The SMILES string of the molecule is CCC(=O)NOc1ccccc1Cl. The number of amides is 1.